The van der Waals surface area contributed by atoms with Gasteiger partial charge in [0.15, 0.2) is 0 Å². The van der Waals surface area contributed by atoms with Gasteiger partial charge in [-0.25, -0.2) is 15.0 Å². The predicted molar refractivity (Wildman–Crippen MR) is 111 cm³/mol. The highest BCUT2D eigenvalue weighted by Gasteiger charge is 1.99. The molecule has 0 aliphatic carbocycles. The third kappa shape index (κ3) is 8.00. The first-order valence-corrected chi connectivity index (χ1v) is 9.85. The number of carbonyl (C=O) groups is 1. The van der Waals surface area contributed by atoms with Crippen LogP contribution in [0.5, 0.6) is 0 Å². The Kier molecular flexibility index (Phi) is 9.02. The Balaban J connectivity index is 0.000000417. The smallest absolute Gasteiger partial charge is 0.248 e. The first-order valence-electron chi connectivity index (χ1n) is 7.75. The van der Waals surface area contributed by atoms with Gasteiger partial charge in [-0.3, -0.25) is 4.79 Å². The van der Waals surface area contributed by atoms with Crippen LogP contribution in [0.1, 0.15) is 6.92 Å². The molecule has 1 aromatic carbocycles. The summed E-state index contributed by atoms with van der Waals surface area (Å²) >= 11 is 3.71. The number of nitrogens with zero attached hydrogens (tertiary/aromatic N) is 3. The summed E-state index contributed by atoms with van der Waals surface area (Å²) in [5.41, 5.74) is 1.54. The fourth-order valence-electron chi connectivity index (χ4n) is 1.70. The monoisotopic (exact) mass is 385 g/mol. The largest absolute Gasteiger partial charge is 0.324 e. The van der Waals surface area contributed by atoms with E-state index in [0.29, 0.717) is 11.6 Å². The van der Waals surface area contributed by atoms with Crippen LogP contribution in [0.15, 0.2) is 72.0 Å². The number of carbonyl (C=O) groups excluding carboxylic acids is 1. The average Bonchev–Trinajstić information content (AvgIpc) is 3.25. The summed E-state index contributed by atoms with van der Waals surface area (Å²) in [6.45, 7) is 1.89. The van der Waals surface area contributed by atoms with Crippen molar-refractivity contribution >= 4 is 46.8 Å². The first-order chi connectivity index (χ1) is 12.8. The number of hydrogen-bond acceptors (Lipinski definition) is 7. The number of allylic oxidation sites excluding steroid dienone is 3. The molecule has 0 radical (unpaired) electrons. The van der Waals surface area contributed by atoms with Crippen LogP contribution in [0.3, 0.4) is 0 Å². The Labute approximate surface area is 161 Å². The molecule has 0 saturated carbocycles. The van der Waals surface area contributed by atoms with Gasteiger partial charge in [0.25, 0.3) is 0 Å². The van der Waals surface area contributed by atoms with Crippen LogP contribution < -0.4 is 10.6 Å². The van der Waals surface area contributed by atoms with E-state index in [-0.39, 0.29) is 5.91 Å². The Hall–Kier alpha value is -2.58. The molecule has 6 nitrogen and oxygen atoms in total. The van der Waals surface area contributed by atoms with Crippen LogP contribution in [0, 0.1) is 0 Å². The van der Waals surface area contributed by atoms with E-state index >= 15 is 0 Å². The van der Waals surface area contributed by atoms with Gasteiger partial charge >= 0.3 is 0 Å². The van der Waals surface area contributed by atoms with Gasteiger partial charge in [0.1, 0.15) is 12.7 Å². The fraction of sp³-hybridized carbons (Fsp3) is 0.111. The van der Waals surface area contributed by atoms with Crippen LogP contribution in [0.25, 0.3) is 0 Å². The molecule has 26 heavy (non-hydrogen) atoms. The molecule has 0 atom stereocenters. The molecule has 1 amide bonds. The van der Waals surface area contributed by atoms with E-state index in [4.69, 9.17) is 0 Å². The molecule has 3 rings (SSSR count). The number of anilines is 3. The zero-order chi connectivity index (χ0) is 18.5. The lowest BCUT2D eigenvalue weighted by molar-refractivity contribution is -0.111. The van der Waals surface area contributed by atoms with Gasteiger partial charge in [0.2, 0.25) is 11.9 Å². The number of amides is 1. The Bertz CT molecular complexity index is 755. The van der Waals surface area contributed by atoms with Crippen LogP contribution in [0.2, 0.25) is 0 Å². The van der Waals surface area contributed by atoms with Gasteiger partial charge in [-0.05, 0) is 42.0 Å². The quantitative estimate of drug-likeness (QED) is 0.576. The Morgan fingerprint density at radius 2 is 1.69 bits per heavy atom. The summed E-state index contributed by atoms with van der Waals surface area (Å²) in [6.07, 6.45) is 9.64. The second-order valence-electron chi connectivity index (χ2n) is 4.76. The molecule has 0 saturated heterocycles. The molecule has 1 aliphatic rings. The normalized spacial score (nSPS) is 12.8. The molecular weight excluding hydrogens is 366 g/mol. The van der Waals surface area contributed by atoms with E-state index in [0.717, 1.165) is 5.69 Å². The minimum Gasteiger partial charge on any atom is -0.324 e. The van der Waals surface area contributed by atoms with Crippen molar-refractivity contribution in [2.45, 2.75) is 6.92 Å². The van der Waals surface area contributed by atoms with Crippen molar-refractivity contribution in [2.24, 2.45) is 0 Å². The van der Waals surface area contributed by atoms with Crippen molar-refractivity contribution in [3.8, 4) is 0 Å². The van der Waals surface area contributed by atoms with Gasteiger partial charge in [-0.2, -0.15) is 0 Å². The summed E-state index contributed by atoms with van der Waals surface area (Å²) in [5, 5.41) is 11.2. The molecule has 0 fully saturated rings. The molecule has 2 N–H and O–H groups in total. The van der Waals surface area contributed by atoms with E-state index in [1.807, 2.05) is 48.7 Å². The average molecular weight is 386 g/mol. The Morgan fingerprint density at radius 3 is 2.27 bits per heavy atom. The minimum atomic E-state index is -0.175. The summed E-state index contributed by atoms with van der Waals surface area (Å²) in [5.74, 6) is 0.294. The second-order valence-corrected chi connectivity index (χ2v) is 6.92. The van der Waals surface area contributed by atoms with Crippen molar-refractivity contribution in [1.82, 2.24) is 15.0 Å². The van der Waals surface area contributed by atoms with E-state index in [2.05, 4.69) is 36.4 Å². The fourth-order valence-corrected chi connectivity index (χ4v) is 3.28. The third-order valence-corrected chi connectivity index (χ3v) is 4.76. The summed E-state index contributed by atoms with van der Waals surface area (Å²) in [6, 6.07) is 7.25. The van der Waals surface area contributed by atoms with Gasteiger partial charge in [0, 0.05) is 22.5 Å². The van der Waals surface area contributed by atoms with Crippen LogP contribution in [-0.2, 0) is 4.79 Å². The zero-order valence-corrected chi connectivity index (χ0v) is 15.8. The highest BCUT2D eigenvalue weighted by molar-refractivity contribution is 8.21. The highest BCUT2D eigenvalue weighted by Crippen LogP contribution is 2.22. The van der Waals surface area contributed by atoms with Crippen LogP contribution in [0.4, 0.5) is 17.3 Å². The maximum absolute atomic E-state index is 11.6. The molecule has 0 bridgehead atoms. The Morgan fingerprint density at radius 1 is 1.04 bits per heavy atom. The molecule has 1 aromatic heterocycles. The molecule has 1 aliphatic heterocycles. The lowest BCUT2D eigenvalue weighted by Gasteiger charge is -2.06. The van der Waals surface area contributed by atoms with E-state index in [1.165, 1.54) is 23.8 Å². The van der Waals surface area contributed by atoms with Crippen molar-refractivity contribution < 1.29 is 4.79 Å². The second kappa shape index (κ2) is 11.9. The number of rotatable bonds is 5. The van der Waals surface area contributed by atoms with Gasteiger partial charge in [0.05, 0.1) is 0 Å². The van der Waals surface area contributed by atoms with Crippen molar-refractivity contribution in [1.29, 1.82) is 0 Å². The van der Waals surface area contributed by atoms with Gasteiger partial charge in [-0.1, -0.05) is 18.2 Å². The third-order valence-electron chi connectivity index (χ3n) is 2.84. The molecule has 134 valence electrons. The standard InChI is InChI=1S/C15H15N5O.C3H4S2/c1-2-3-4-5-14(21)19-12-6-8-13(9-7-12)20-15-17-10-16-11-18-15;1-2-5-3-4-1/h2-11H,1H3,(H,19,21)(H,16,17,18,20);1-2H,3H2. The molecule has 8 heteroatoms. The van der Waals surface area contributed by atoms with Crippen LogP contribution in [-0.4, -0.2) is 25.9 Å². The SMILES string of the molecule is C1=CSCS1.CC=CC=CC(=O)Nc1ccc(Nc2ncncn2)cc1. The minimum absolute atomic E-state index is 0.175. The zero-order valence-electron chi connectivity index (χ0n) is 14.2. The van der Waals surface area contributed by atoms with E-state index in [9.17, 15) is 4.79 Å². The van der Waals surface area contributed by atoms with Crippen molar-refractivity contribution in [3.63, 3.8) is 0 Å². The number of thioether (sulfide) groups is 2. The molecule has 2 heterocycles. The first kappa shape index (κ1) is 19.7. The van der Waals surface area contributed by atoms with E-state index in [1.54, 1.807) is 24.3 Å². The van der Waals surface area contributed by atoms with Crippen molar-refractivity contribution in [2.75, 3.05) is 15.7 Å². The number of hydrogen-bond donors (Lipinski definition) is 2. The topological polar surface area (TPSA) is 79.8 Å². The highest BCUT2D eigenvalue weighted by atomic mass is 32.2. The summed E-state index contributed by atoms with van der Waals surface area (Å²) in [4.78, 5) is 23.3. The molecule has 2 aromatic rings. The van der Waals surface area contributed by atoms with Gasteiger partial charge < -0.3 is 10.6 Å². The molecule has 0 spiro atoms. The predicted octanol–water partition coefficient (Wildman–Crippen LogP) is 4.58. The van der Waals surface area contributed by atoms with Gasteiger partial charge in [-0.15, -0.1) is 23.5 Å². The molecule has 0 unspecified atom stereocenters. The maximum atomic E-state index is 11.6. The van der Waals surface area contributed by atoms with Crippen LogP contribution >= 0.6 is 23.5 Å². The summed E-state index contributed by atoms with van der Waals surface area (Å²) < 4.78 is 0. The number of benzene rings is 1. The van der Waals surface area contributed by atoms with E-state index < -0.39 is 0 Å². The van der Waals surface area contributed by atoms with Crippen molar-refractivity contribution in [3.05, 3.63) is 72.0 Å². The number of nitrogens with one attached hydrogen (secondary N) is 2. The maximum Gasteiger partial charge on any atom is 0.248 e. The summed E-state index contributed by atoms with van der Waals surface area (Å²) in [7, 11) is 0. The lowest BCUT2D eigenvalue weighted by Crippen LogP contribution is -2.07. The lowest BCUT2D eigenvalue weighted by atomic mass is 10.2. The molecular formula is C18H19N5OS2. The number of aromatic nitrogens is 3.